The van der Waals surface area contributed by atoms with E-state index in [1.54, 1.807) is 0 Å². The maximum absolute atomic E-state index is 12.6. The molecule has 1 aromatic carbocycles. The van der Waals surface area contributed by atoms with Crippen LogP contribution in [0.2, 0.25) is 0 Å². The number of nitrogens with one attached hydrogen (secondary N) is 1. The molecule has 3 atom stereocenters. The van der Waals surface area contributed by atoms with E-state index in [0.29, 0.717) is 12.0 Å². The third-order valence-corrected chi connectivity index (χ3v) is 4.98. The Morgan fingerprint density at radius 2 is 2.05 bits per heavy atom. The van der Waals surface area contributed by atoms with Crippen LogP contribution < -0.4 is 5.32 Å². The number of carbonyl (C=O) groups excluding carboxylic acids is 1. The van der Waals surface area contributed by atoms with Gasteiger partial charge in [0.2, 0.25) is 5.91 Å². The predicted octanol–water partition coefficient (Wildman–Crippen LogP) is 3.60. The van der Waals surface area contributed by atoms with Crippen LogP contribution in [0, 0.1) is 12.8 Å². The smallest absolute Gasteiger partial charge is 0.244 e. The second-order valence-electron chi connectivity index (χ2n) is 6.60. The van der Waals surface area contributed by atoms with E-state index in [1.165, 1.54) is 19.3 Å². The minimum Gasteiger partial charge on any atom is -0.351 e. The Morgan fingerprint density at radius 3 is 2.82 bits per heavy atom. The Hall–Kier alpha value is -1.84. The third-order valence-electron chi connectivity index (χ3n) is 4.98. The van der Waals surface area contributed by atoms with Crippen LogP contribution in [0.15, 0.2) is 24.3 Å². The Kier molecular flexibility index (Phi) is 4.19. The highest BCUT2D eigenvalue weighted by Crippen LogP contribution is 2.25. The molecule has 1 fully saturated rings. The summed E-state index contributed by atoms with van der Waals surface area (Å²) < 4.78 is 1.85. The zero-order valence-electron chi connectivity index (χ0n) is 13.7. The summed E-state index contributed by atoms with van der Waals surface area (Å²) in [6, 6.07) is 8.12. The van der Waals surface area contributed by atoms with Crippen molar-refractivity contribution in [2.45, 2.75) is 58.5 Å². The highest BCUT2D eigenvalue weighted by atomic mass is 16.2. The zero-order chi connectivity index (χ0) is 15.7. The second kappa shape index (κ2) is 6.11. The molecule has 22 heavy (non-hydrogen) atoms. The van der Waals surface area contributed by atoms with Gasteiger partial charge < -0.3 is 5.32 Å². The number of aryl methyl sites for hydroxylation is 1. The van der Waals surface area contributed by atoms with Crippen molar-refractivity contribution in [3.63, 3.8) is 0 Å². The van der Waals surface area contributed by atoms with Crippen molar-refractivity contribution in [1.29, 1.82) is 0 Å². The van der Waals surface area contributed by atoms with Crippen LogP contribution in [0.25, 0.3) is 10.9 Å². The highest BCUT2D eigenvalue weighted by Gasteiger charge is 2.26. The molecule has 4 nitrogen and oxygen atoms in total. The van der Waals surface area contributed by atoms with Gasteiger partial charge >= 0.3 is 0 Å². The third kappa shape index (κ3) is 2.74. The summed E-state index contributed by atoms with van der Waals surface area (Å²) in [6.45, 7) is 6.16. The molecule has 0 spiro atoms. The molecule has 2 aromatic rings. The van der Waals surface area contributed by atoms with Gasteiger partial charge in [-0.3, -0.25) is 9.48 Å². The molecule has 3 rings (SSSR count). The van der Waals surface area contributed by atoms with Crippen molar-refractivity contribution in [2.75, 3.05) is 0 Å². The molecule has 1 saturated carbocycles. The van der Waals surface area contributed by atoms with Crippen LogP contribution in [0.1, 0.15) is 51.3 Å². The fourth-order valence-electron chi connectivity index (χ4n) is 3.49. The molecule has 118 valence electrons. The number of amides is 1. The lowest BCUT2D eigenvalue weighted by molar-refractivity contribution is -0.125. The van der Waals surface area contributed by atoms with Gasteiger partial charge in [0.15, 0.2) is 0 Å². The molecule has 0 saturated heterocycles. The first-order chi connectivity index (χ1) is 10.6. The number of rotatable bonds is 3. The number of para-hydroxylation sites is 1. The second-order valence-corrected chi connectivity index (χ2v) is 6.60. The fraction of sp³-hybridized carbons (Fsp3) is 0.556. The van der Waals surface area contributed by atoms with E-state index in [4.69, 9.17) is 0 Å². The molecule has 1 aliphatic rings. The number of hydrogen-bond acceptors (Lipinski definition) is 2. The summed E-state index contributed by atoms with van der Waals surface area (Å²) in [5.41, 5.74) is 2.00. The standard InChI is InChI=1S/C18H25N3O/c1-12-8-4-6-10-16(12)19-18(22)14(3)21-17-11-7-5-9-15(17)13(2)20-21/h5,7,9,11-12,14,16H,4,6,8,10H2,1-3H3,(H,19,22)/t12-,14+,16+/m0/s1. The molecule has 1 N–H and O–H groups in total. The lowest BCUT2D eigenvalue weighted by Gasteiger charge is -2.30. The topological polar surface area (TPSA) is 46.9 Å². The number of fused-ring (bicyclic) bond motifs is 1. The zero-order valence-corrected chi connectivity index (χ0v) is 13.7. The minimum absolute atomic E-state index is 0.0759. The summed E-state index contributed by atoms with van der Waals surface area (Å²) in [7, 11) is 0. The van der Waals surface area contributed by atoms with E-state index in [2.05, 4.69) is 23.4 Å². The quantitative estimate of drug-likeness (QED) is 0.941. The molecular formula is C18H25N3O. The van der Waals surface area contributed by atoms with Gasteiger partial charge in [0.1, 0.15) is 6.04 Å². The van der Waals surface area contributed by atoms with Crippen LogP contribution >= 0.6 is 0 Å². The number of benzene rings is 1. The van der Waals surface area contributed by atoms with Gasteiger partial charge in [-0.15, -0.1) is 0 Å². The molecule has 0 aliphatic heterocycles. The van der Waals surface area contributed by atoms with Gasteiger partial charge in [0.05, 0.1) is 11.2 Å². The van der Waals surface area contributed by atoms with Crippen molar-refractivity contribution in [3.8, 4) is 0 Å². The Balaban J connectivity index is 1.80. The van der Waals surface area contributed by atoms with E-state index < -0.39 is 0 Å². The number of aromatic nitrogens is 2. The van der Waals surface area contributed by atoms with Crippen molar-refractivity contribution >= 4 is 16.8 Å². The molecular weight excluding hydrogens is 274 g/mol. The maximum Gasteiger partial charge on any atom is 0.244 e. The molecule has 1 aromatic heterocycles. The summed E-state index contributed by atoms with van der Waals surface area (Å²) >= 11 is 0. The van der Waals surface area contributed by atoms with Crippen LogP contribution in [0.3, 0.4) is 0 Å². The lowest BCUT2D eigenvalue weighted by Crippen LogP contribution is -2.43. The summed E-state index contributed by atoms with van der Waals surface area (Å²) in [5.74, 6) is 0.646. The van der Waals surface area contributed by atoms with Gasteiger partial charge in [0, 0.05) is 11.4 Å². The maximum atomic E-state index is 12.6. The fourth-order valence-corrected chi connectivity index (χ4v) is 3.49. The van der Waals surface area contributed by atoms with Crippen molar-refractivity contribution in [1.82, 2.24) is 15.1 Å². The lowest BCUT2D eigenvalue weighted by atomic mass is 9.86. The van der Waals surface area contributed by atoms with Gasteiger partial charge in [-0.1, -0.05) is 38.0 Å². The number of nitrogens with zero attached hydrogens (tertiary/aromatic N) is 2. The summed E-state index contributed by atoms with van der Waals surface area (Å²) in [4.78, 5) is 12.6. The van der Waals surface area contributed by atoms with E-state index >= 15 is 0 Å². The summed E-state index contributed by atoms with van der Waals surface area (Å²) in [5, 5.41) is 8.94. The van der Waals surface area contributed by atoms with Crippen molar-refractivity contribution < 1.29 is 4.79 Å². The first-order valence-electron chi connectivity index (χ1n) is 8.32. The van der Waals surface area contributed by atoms with Crippen LogP contribution in [-0.4, -0.2) is 21.7 Å². The first kappa shape index (κ1) is 15.1. The Labute approximate surface area is 131 Å². The van der Waals surface area contributed by atoms with Gasteiger partial charge in [-0.25, -0.2) is 0 Å². The Bertz CT molecular complexity index is 676. The molecule has 1 heterocycles. The average Bonchev–Trinajstić information content (AvgIpc) is 2.86. The SMILES string of the molecule is Cc1nn([C@H](C)C(=O)N[C@@H]2CCCC[C@@H]2C)c2ccccc12. The largest absolute Gasteiger partial charge is 0.351 e. The van der Waals surface area contributed by atoms with Crippen LogP contribution in [0.4, 0.5) is 0 Å². The van der Waals surface area contributed by atoms with E-state index in [-0.39, 0.29) is 11.9 Å². The summed E-state index contributed by atoms with van der Waals surface area (Å²) in [6.07, 6.45) is 4.81. The van der Waals surface area contributed by atoms with Gasteiger partial charge in [-0.05, 0) is 38.7 Å². The average molecular weight is 299 g/mol. The van der Waals surface area contributed by atoms with E-state index in [0.717, 1.165) is 23.0 Å². The number of hydrogen-bond donors (Lipinski definition) is 1. The predicted molar refractivity (Wildman–Crippen MR) is 88.7 cm³/mol. The molecule has 1 aliphatic carbocycles. The van der Waals surface area contributed by atoms with E-state index in [1.807, 2.05) is 36.7 Å². The Morgan fingerprint density at radius 1 is 1.32 bits per heavy atom. The minimum atomic E-state index is -0.285. The van der Waals surface area contributed by atoms with E-state index in [9.17, 15) is 4.79 Å². The molecule has 0 unspecified atom stereocenters. The van der Waals surface area contributed by atoms with Crippen LogP contribution in [-0.2, 0) is 4.79 Å². The normalized spacial score (nSPS) is 23.4. The van der Waals surface area contributed by atoms with Crippen molar-refractivity contribution in [2.24, 2.45) is 5.92 Å². The first-order valence-corrected chi connectivity index (χ1v) is 8.32. The monoisotopic (exact) mass is 299 g/mol. The molecule has 0 bridgehead atoms. The van der Waals surface area contributed by atoms with Gasteiger partial charge in [-0.2, -0.15) is 5.10 Å². The van der Waals surface area contributed by atoms with Gasteiger partial charge in [0.25, 0.3) is 0 Å². The van der Waals surface area contributed by atoms with Crippen LogP contribution in [0.5, 0.6) is 0 Å². The molecule has 0 radical (unpaired) electrons. The highest BCUT2D eigenvalue weighted by molar-refractivity contribution is 5.86. The molecule has 1 amide bonds. The van der Waals surface area contributed by atoms with Crippen molar-refractivity contribution in [3.05, 3.63) is 30.0 Å². The molecule has 4 heteroatoms. The number of carbonyl (C=O) groups is 1.